The second kappa shape index (κ2) is 8.28. The molecule has 3 nitrogen and oxygen atoms in total. The van der Waals surface area contributed by atoms with Crippen molar-refractivity contribution >= 4 is 24.4 Å². The van der Waals surface area contributed by atoms with Crippen LogP contribution in [0.25, 0.3) is 5.76 Å². The number of fused-ring (bicyclic) bond motifs is 1. The summed E-state index contributed by atoms with van der Waals surface area (Å²) in [6, 6.07) is 1.01. The Labute approximate surface area is 153 Å². The molecule has 0 atom stereocenters. The Morgan fingerprint density at radius 1 is 1.23 bits per heavy atom. The minimum Gasteiger partial charge on any atom is -0.508 e. The van der Waals surface area contributed by atoms with E-state index in [4.69, 9.17) is 4.74 Å². The molecule has 26 heavy (non-hydrogen) atoms. The summed E-state index contributed by atoms with van der Waals surface area (Å²) in [6.45, 7) is 4.80. The third-order valence-electron chi connectivity index (χ3n) is 3.33. The number of carbonyl (C=O) groups excluding carboxylic acids is 1. The van der Waals surface area contributed by atoms with Crippen molar-refractivity contribution in [2.24, 2.45) is 5.41 Å². The van der Waals surface area contributed by atoms with E-state index in [1.165, 1.54) is 6.08 Å². The molecule has 1 N–H and O–H groups in total. The van der Waals surface area contributed by atoms with Gasteiger partial charge in [-0.1, -0.05) is 12.6 Å². The van der Waals surface area contributed by atoms with Crippen LogP contribution in [0.1, 0.15) is 44.7 Å². The molecule has 0 spiro atoms. The van der Waals surface area contributed by atoms with Crippen molar-refractivity contribution in [2.75, 3.05) is 0 Å². The number of allylic oxidation sites excluding steroid dienone is 1. The van der Waals surface area contributed by atoms with Gasteiger partial charge in [0.2, 0.25) is 5.75 Å². The number of thiol groups is 1. The van der Waals surface area contributed by atoms with Crippen molar-refractivity contribution in [2.45, 2.75) is 45.5 Å². The third kappa shape index (κ3) is 6.51. The number of hydrogen-bond donors (Lipinski definition) is 2. The molecule has 2 rings (SSSR count). The summed E-state index contributed by atoms with van der Waals surface area (Å²) >= 11 is 2.12. The molecule has 1 aromatic rings. The number of aliphatic hydroxyl groups excluding tert-OH is 1. The smallest absolute Gasteiger partial charge is 0.438 e. The summed E-state index contributed by atoms with van der Waals surface area (Å²) < 4.78 is 64.0. The summed E-state index contributed by atoms with van der Waals surface area (Å²) in [5.41, 5.74) is -4.87. The summed E-state index contributed by atoms with van der Waals surface area (Å²) in [6.07, 6.45) is 3.10. The first kappa shape index (κ1) is 22.3. The van der Waals surface area contributed by atoms with E-state index in [1.807, 2.05) is 0 Å². The van der Waals surface area contributed by atoms with E-state index in [0.29, 0.717) is 19.3 Å². The van der Waals surface area contributed by atoms with Crippen LogP contribution in [0.15, 0.2) is 12.1 Å². The first-order valence-electron chi connectivity index (χ1n) is 7.63. The first-order chi connectivity index (χ1) is 11.7. The Kier molecular flexibility index (Phi) is 7.09. The van der Waals surface area contributed by atoms with Crippen LogP contribution >= 0.6 is 12.6 Å². The number of rotatable bonds is 1. The van der Waals surface area contributed by atoms with E-state index in [9.17, 15) is 31.9 Å². The number of halogens is 5. The monoisotopic (exact) mass is 398 g/mol. The molecule has 0 aliphatic heterocycles. The zero-order valence-corrected chi connectivity index (χ0v) is 15.3. The Balaban J connectivity index is 0.000000597. The summed E-state index contributed by atoms with van der Waals surface area (Å²) in [5.74, 6) is -3.46. The molecule has 146 valence electrons. The number of carbonyl (C=O) groups is 1. The molecule has 0 bridgehead atoms. The molecular weight excluding hydrogens is 379 g/mol. The normalized spacial score (nSPS) is 14.4. The van der Waals surface area contributed by atoms with Gasteiger partial charge in [-0.3, -0.25) is 4.79 Å². The predicted octanol–water partition coefficient (Wildman–Crippen LogP) is 5.59. The van der Waals surface area contributed by atoms with Crippen LogP contribution in [-0.2, 0) is 11.2 Å². The number of hydrogen-bond acceptors (Lipinski definition) is 4. The highest BCUT2D eigenvalue weighted by molar-refractivity contribution is 7.81. The number of aliphatic hydroxyl groups is 1. The van der Waals surface area contributed by atoms with Gasteiger partial charge in [-0.2, -0.15) is 13.2 Å². The van der Waals surface area contributed by atoms with Crippen LogP contribution in [0.4, 0.5) is 22.0 Å². The fourth-order valence-corrected chi connectivity index (χ4v) is 2.08. The lowest BCUT2D eigenvalue weighted by molar-refractivity contribution is -0.143. The Hall–Kier alpha value is -1.77. The molecule has 0 heterocycles. The van der Waals surface area contributed by atoms with Gasteiger partial charge in [0.1, 0.15) is 5.76 Å². The average molecular weight is 398 g/mol. The van der Waals surface area contributed by atoms with Crippen molar-refractivity contribution in [1.82, 2.24) is 0 Å². The lowest BCUT2D eigenvalue weighted by Gasteiger charge is -2.18. The maximum atomic E-state index is 14.5. The maximum absolute atomic E-state index is 14.5. The van der Waals surface area contributed by atoms with Gasteiger partial charge in [0.05, 0.1) is 5.41 Å². The second-order valence-corrected chi connectivity index (χ2v) is 7.12. The van der Waals surface area contributed by atoms with Crippen LogP contribution < -0.4 is 4.74 Å². The zero-order chi connectivity index (χ0) is 20.3. The van der Waals surface area contributed by atoms with Crippen LogP contribution in [0, 0.1) is 17.0 Å². The van der Waals surface area contributed by atoms with Crippen molar-refractivity contribution in [3.05, 3.63) is 34.9 Å². The van der Waals surface area contributed by atoms with Crippen molar-refractivity contribution in [3.63, 3.8) is 0 Å². The van der Waals surface area contributed by atoms with Gasteiger partial charge in [0.15, 0.2) is 11.6 Å². The van der Waals surface area contributed by atoms with Gasteiger partial charge in [-0.25, -0.2) is 8.78 Å². The van der Waals surface area contributed by atoms with Gasteiger partial charge in [0, 0.05) is 11.1 Å². The molecular formula is C17H19F5O3S. The quantitative estimate of drug-likeness (QED) is 0.281. The van der Waals surface area contributed by atoms with Crippen LogP contribution in [-0.4, -0.2) is 16.6 Å². The van der Waals surface area contributed by atoms with Crippen molar-refractivity contribution in [3.8, 4) is 5.75 Å². The molecule has 1 aliphatic rings. The fourth-order valence-electron chi connectivity index (χ4n) is 2.08. The highest BCUT2D eigenvalue weighted by Crippen LogP contribution is 2.34. The Morgan fingerprint density at radius 2 is 1.77 bits per heavy atom. The molecule has 0 fully saturated rings. The largest absolute Gasteiger partial charge is 0.508 e. The van der Waals surface area contributed by atoms with Crippen LogP contribution in [0.3, 0.4) is 0 Å². The minimum absolute atomic E-state index is 0.123. The van der Waals surface area contributed by atoms with E-state index >= 15 is 0 Å². The third-order valence-corrected chi connectivity index (χ3v) is 3.33. The van der Waals surface area contributed by atoms with Gasteiger partial charge in [-0.05, 0) is 52.2 Å². The standard InChI is InChI=1S/C16H18F2O3.CHF3S/c1-16(2,3)15(20)21-14-11(17)8-10-9(13(14)18)6-4-5-7-12(10)19;2-1(3,4)5/h7-8,19H,4-6H2,1-3H3;5H. The number of alkyl halides is 3. The predicted molar refractivity (Wildman–Crippen MR) is 90.0 cm³/mol. The highest BCUT2D eigenvalue weighted by Gasteiger charge is 2.29. The summed E-state index contributed by atoms with van der Waals surface area (Å²) in [5, 5.41) is 9.81. The van der Waals surface area contributed by atoms with Crippen LogP contribution in [0.2, 0.25) is 0 Å². The molecule has 0 saturated carbocycles. The number of ether oxygens (including phenoxy) is 1. The zero-order valence-electron chi connectivity index (χ0n) is 14.4. The topological polar surface area (TPSA) is 46.5 Å². The molecule has 1 aliphatic carbocycles. The molecule has 0 unspecified atom stereocenters. The number of esters is 1. The Morgan fingerprint density at radius 3 is 2.27 bits per heavy atom. The molecule has 0 aromatic heterocycles. The van der Waals surface area contributed by atoms with Gasteiger partial charge in [-0.15, -0.1) is 0 Å². The van der Waals surface area contributed by atoms with Gasteiger partial charge in [0.25, 0.3) is 0 Å². The number of benzene rings is 1. The van der Waals surface area contributed by atoms with Crippen molar-refractivity contribution in [1.29, 1.82) is 0 Å². The molecule has 0 amide bonds. The lowest BCUT2D eigenvalue weighted by Crippen LogP contribution is -2.26. The minimum atomic E-state index is -4.31. The van der Waals surface area contributed by atoms with Gasteiger partial charge >= 0.3 is 11.5 Å². The molecule has 1 aromatic carbocycles. The SMILES string of the molecule is CC(C)(C)C(=O)Oc1c(F)cc2c(c1F)CCCC=C2O.FC(F)(F)S. The Bertz CT molecular complexity index is 700. The van der Waals surface area contributed by atoms with E-state index in [0.717, 1.165) is 6.07 Å². The average Bonchev–Trinajstić information content (AvgIpc) is 2.63. The molecule has 0 radical (unpaired) electrons. The van der Waals surface area contributed by atoms with E-state index < -0.39 is 34.3 Å². The summed E-state index contributed by atoms with van der Waals surface area (Å²) in [4.78, 5) is 11.8. The van der Waals surface area contributed by atoms with Gasteiger partial charge < -0.3 is 9.84 Å². The van der Waals surface area contributed by atoms with E-state index in [1.54, 1.807) is 20.8 Å². The first-order valence-corrected chi connectivity index (χ1v) is 8.08. The second-order valence-electron chi connectivity index (χ2n) is 6.62. The van der Waals surface area contributed by atoms with Crippen LogP contribution in [0.5, 0.6) is 5.75 Å². The maximum Gasteiger partial charge on any atom is 0.438 e. The van der Waals surface area contributed by atoms with E-state index in [-0.39, 0.29) is 16.9 Å². The molecule has 9 heteroatoms. The molecule has 0 saturated heterocycles. The van der Waals surface area contributed by atoms with Crippen molar-refractivity contribution < 1.29 is 36.6 Å². The van der Waals surface area contributed by atoms with E-state index in [2.05, 4.69) is 12.6 Å². The highest BCUT2D eigenvalue weighted by atomic mass is 32.1. The lowest BCUT2D eigenvalue weighted by atomic mass is 9.97. The summed E-state index contributed by atoms with van der Waals surface area (Å²) in [7, 11) is 0. The fraction of sp³-hybridized carbons (Fsp3) is 0.471.